The summed E-state index contributed by atoms with van der Waals surface area (Å²) in [7, 11) is 3.59. The molecule has 3 saturated heterocycles. The number of aryl methyl sites for hydroxylation is 1. The summed E-state index contributed by atoms with van der Waals surface area (Å²) in [6.45, 7) is 5.82. The highest BCUT2D eigenvalue weighted by Crippen LogP contribution is 2.48. The SMILES string of the molecule is Cc1c(-c2c(C(F)(F)F)cc3c(N4CC5CCC(C4)N5)nc(OC[C@@H]4[C@H](C)CN4C)nc3c2F)c2c(C#N)c(O)ccc2n1C. The van der Waals surface area contributed by atoms with Gasteiger partial charge >= 0.3 is 12.2 Å². The Balaban J connectivity index is 1.50. The van der Waals surface area contributed by atoms with Crippen LogP contribution in [-0.2, 0) is 13.2 Å². The average Bonchev–Trinajstić information content (AvgIpc) is 3.46. The molecule has 2 N–H and O–H groups in total. The summed E-state index contributed by atoms with van der Waals surface area (Å²) in [4.78, 5) is 13.0. The number of hydrogen-bond donors (Lipinski definition) is 2. The molecule has 0 aliphatic carbocycles. The van der Waals surface area contributed by atoms with Crippen LogP contribution < -0.4 is 15.0 Å². The van der Waals surface area contributed by atoms with Crippen LogP contribution >= 0.6 is 0 Å². The van der Waals surface area contributed by atoms with E-state index in [-0.39, 0.29) is 64.0 Å². The molecule has 4 aromatic rings. The van der Waals surface area contributed by atoms with Crippen molar-refractivity contribution in [2.75, 3.05) is 38.2 Å². The minimum atomic E-state index is -4.97. The molecule has 0 saturated carbocycles. The molecule has 3 aliphatic rings. The van der Waals surface area contributed by atoms with E-state index < -0.39 is 28.9 Å². The van der Waals surface area contributed by atoms with Gasteiger partial charge in [-0.1, -0.05) is 6.92 Å². The number of hydrogen-bond acceptors (Lipinski definition) is 8. The van der Waals surface area contributed by atoms with E-state index in [9.17, 15) is 23.5 Å². The maximum Gasteiger partial charge on any atom is 0.417 e. The third-order valence-electron chi connectivity index (χ3n) is 9.89. The highest BCUT2D eigenvalue weighted by Gasteiger charge is 2.41. The number of ether oxygens (including phenoxy) is 1. The molecule has 2 unspecified atom stereocenters. The Morgan fingerprint density at radius 2 is 1.82 bits per heavy atom. The van der Waals surface area contributed by atoms with Crippen molar-refractivity contribution < 1.29 is 27.4 Å². The first-order chi connectivity index (χ1) is 21.4. The number of anilines is 1. The summed E-state index contributed by atoms with van der Waals surface area (Å²) in [5.41, 5.74) is -1.93. The van der Waals surface area contributed by atoms with Gasteiger partial charge in [0.1, 0.15) is 35.3 Å². The Bertz CT molecular complexity index is 1880. The number of aromatic nitrogens is 3. The van der Waals surface area contributed by atoms with Crippen LogP contribution in [0.3, 0.4) is 0 Å². The third-order valence-corrected chi connectivity index (χ3v) is 9.89. The van der Waals surface area contributed by atoms with Crippen molar-refractivity contribution >= 4 is 27.6 Å². The quantitative estimate of drug-likeness (QED) is 0.296. The second kappa shape index (κ2) is 10.5. The Labute approximate surface area is 257 Å². The topological polar surface area (TPSA) is 102 Å². The summed E-state index contributed by atoms with van der Waals surface area (Å²) >= 11 is 0. The first kappa shape index (κ1) is 29.6. The van der Waals surface area contributed by atoms with Crippen LogP contribution in [0.25, 0.3) is 32.9 Å². The molecule has 3 fully saturated rings. The van der Waals surface area contributed by atoms with Gasteiger partial charge in [-0.25, -0.2) is 4.39 Å². The van der Waals surface area contributed by atoms with Crippen molar-refractivity contribution in [3.8, 4) is 29.0 Å². The molecule has 0 radical (unpaired) electrons. The lowest BCUT2D eigenvalue weighted by atomic mass is 9.92. The van der Waals surface area contributed by atoms with Crippen LogP contribution in [0.4, 0.5) is 23.4 Å². The molecule has 2 bridgehead atoms. The Morgan fingerprint density at radius 3 is 2.44 bits per heavy atom. The van der Waals surface area contributed by atoms with Gasteiger partial charge in [-0.2, -0.15) is 28.4 Å². The van der Waals surface area contributed by atoms with Crippen molar-refractivity contribution in [3.05, 3.63) is 40.8 Å². The number of nitrogens with zero attached hydrogens (tertiary/aromatic N) is 6. The molecule has 7 rings (SSSR count). The number of piperazine rings is 1. The highest BCUT2D eigenvalue weighted by molar-refractivity contribution is 6.06. The van der Waals surface area contributed by atoms with Crippen molar-refractivity contribution in [3.63, 3.8) is 0 Å². The number of aromatic hydroxyl groups is 1. The fraction of sp³-hybridized carbons (Fsp3) is 0.469. The lowest BCUT2D eigenvalue weighted by molar-refractivity contribution is -0.137. The molecule has 3 aliphatic heterocycles. The van der Waals surface area contributed by atoms with E-state index in [1.165, 1.54) is 12.1 Å². The predicted octanol–water partition coefficient (Wildman–Crippen LogP) is 5.10. The van der Waals surface area contributed by atoms with Gasteiger partial charge in [-0.15, -0.1) is 0 Å². The van der Waals surface area contributed by atoms with Crippen LogP contribution in [0.1, 0.15) is 36.6 Å². The molecule has 0 amide bonds. The fourth-order valence-electron chi connectivity index (χ4n) is 7.46. The van der Waals surface area contributed by atoms with Gasteiger partial charge in [-0.05, 0) is 50.9 Å². The van der Waals surface area contributed by atoms with Gasteiger partial charge in [0.15, 0.2) is 5.82 Å². The number of nitrogens with one attached hydrogen (secondary N) is 1. The predicted molar refractivity (Wildman–Crippen MR) is 161 cm³/mol. The van der Waals surface area contributed by atoms with Gasteiger partial charge in [-0.3, -0.25) is 4.90 Å². The molecule has 9 nitrogen and oxygen atoms in total. The number of phenolic OH excluding ortho intramolecular Hbond substituents is 1. The van der Waals surface area contributed by atoms with Gasteiger partial charge in [0.25, 0.3) is 0 Å². The van der Waals surface area contributed by atoms with Crippen LogP contribution in [0.2, 0.25) is 0 Å². The fourth-order valence-corrected chi connectivity index (χ4v) is 7.46. The Hall–Kier alpha value is -4.15. The molecule has 4 atom stereocenters. The number of benzene rings is 2. The molecule has 236 valence electrons. The number of likely N-dealkylation sites (tertiary alicyclic amines) is 1. The van der Waals surface area contributed by atoms with Gasteiger partial charge < -0.3 is 24.6 Å². The van der Waals surface area contributed by atoms with Gasteiger partial charge in [0, 0.05) is 72.4 Å². The number of phenols is 1. The maximum absolute atomic E-state index is 17.1. The molecule has 13 heteroatoms. The van der Waals surface area contributed by atoms with E-state index in [2.05, 4.69) is 27.1 Å². The number of likely N-dealkylation sites (N-methyl/N-ethyl adjacent to an activating group) is 1. The summed E-state index contributed by atoms with van der Waals surface area (Å²) in [5.74, 6) is -1.03. The van der Waals surface area contributed by atoms with Crippen LogP contribution in [-0.4, -0.2) is 76.0 Å². The minimum Gasteiger partial charge on any atom is -0.507 e. The summed E-state index contributed by atoms with van der Waals surface area (Å²) in [5, 5.41) is 23.9. The van der Waals surface area contributed by atoms with E-state index in [0.717, 1.165) is 25.5 Å². The van der Waals surface area contributed by atoms with Crippen molar-refractivity contribution in [1.29, 1.82) is 5.26 Å². The summed E-state index contributed by atoms with van der Waals surface area (Å²) in [6.07, 6.45) is -3.11. The number of rotatable bonds is 5. The molecule has 0 spiro atoms. The van der Waals surface area contributed by atoms with E-state index >= 15 is 4.39 Å². The second-order valence-electron chi connectivity index (χ2n) is 12.7. The summed E-state index contributed by atoms with van der Waals surface area (Å²) in [6, 6.07) is 5.90. The zero-order valence-electron chi connectivity index (χ0n) is 25.3. The second-order valence-corrected chi connectivity index (χ2v) is 12.7. The third kappa shape index (κ3) is 4.65. The zero-order chi connectivity index (χ0) is 31.9. The van der Waals surface area contributed by atoms with E-state index in [1.807, 2.05) is 18.0 Å². The number of nitriles is 1. The lowest BCUT2D eigenvalue weighted by Crippen LogP contribution is -2.55. The van der Waals surface area contributed by atoms with Crippen LogP contribution in [0, 0.1) is 30.0 Å². The normalized spacial score (nSPS) is 23.5. The largest absolute Gasteiger partial charge is 0.507 e. The van der Waals surface area contributed by atoms with Gasteiger partial charge in [0.2, 0.25) is 0 Å². The van der Waals surface area contributed by atoms with E-state index in [0.29, 0.717) is 30.2 Å². The van der Waals surface area contributed by atoms with Gasteiger partial charge in [0.05, 0.1) is 11.1 Å². The van der Waals surface area contributed by atoms with E-state index in [4.69, 9.17) is 4.74 Å². The molecule has 2 aromatic carbocycles. The molecular formula is C32H33F4N7O2. The van der Waals surface area contributed by atoms with Crippen LogP contribution in [0.15, 0.2) is 18.2 Å². The number of halogens is 4. The molecule has 5 heterocycles. The molecule has 45 heavy (non-hydrogen) atoms. The van der Waals surface area contributed by atoms with E-state index in [1.54, 1.807) is 18.5 Å². The Kier molecular flexibility index (Phi) is 6.87. The molecular weight excluding hydrogens is 590 g/mol. The standard InChI is InChI=1S/C32H33F4N7O2/c1-15-11-41(3)23(15)14-45-31-39-29-19(30(40-31)43-12-17-5-6-18(13-43)38-17)9-21(32(34,35)36)27(28(29)33)25-16(2)42(4)22-7-8-24(44)20(10-37)26(22)25/h7-9,15,17-18,23,38,44H,5-6,11-14H2,1-4H3/t15-,17?,18?,23-/m1/s1. The minimum absolute atomic E-state index is 0.0349. The summed E-state index contributed by atoms with van der Waals surface area (Å²) < 4.78 is 69.6. The zero-order valence-corrected chi connectivity index (χ0v) is 25.3. The average molecular weight is 624 g/mol. The Morgan fingerprint density at radius 1 is 1.11 bits per heavy atom. The maximum atomic E-state index is 17.1. The highest BCUT2D eigenvalue weighted by atomic mass is 19.4. The number of fused-ring (bicyclic) bond motifs is 4. The van der Waals surface area contributed by atoms with Crippen molar-refractivity contribution in [1.82, 2.24) is 24.8 Å². The molecule has 2 aromatic heterocycles. The first-order valence-corrected chi connectivity index (χ1v) is 15.0. The van der Waals surface area contributed by atoms with Crippen LogP contribution in [0.5, 0.6) is 11.8 Å². The number of alkyl halides is 3. The van der Waals surface area contributed by atoms with Crippen molar-refractivity contribution in [2.45, 2.75) is 51.0 Å². The monoisotopic (exact) mass is 623 g/mol. The smallest absolute Gasteiger partial charge is 0.417 e. The van der Waals surface area contributed by atoms with Crippen molar-refractivity contribution in [2.24, 2.45) is 13.0 Å². The first-order valence-electron chi connectivity index (χ1n) is 15.0. The lowest BCUT2D eigenvalue weighted by Gasteiger charge is -2.43.